The Balaban J connectivity index is 2.52. The van der Waals surface area contributed by atoms with Crippen LogP contribution >= 0.6 is 0 Å². The number of aryl methyl sites for hydroxylation is 1. The molecule has 0 aliphatic carbocycles. The molecule has 0 fully saturated rings. The quantitative estimate of drug-likeness (QED) is 0.518. The standard InChI is InChI=1S/C8H10N2/c1-7-2-4-10-5-3-9-8(10)6-7/h2,4,6H,3,5H2,1H3/p+1. The van der Waals surface area contributed by atoms with Gasteiger partial charge in [-0.3, -0.25) is 5.32 Å². The number of hydrogen-bond donors (Lipinski definition) is 1. The second kappa shape index (κ2) is 1.97. The van der Waals surface area contributed by atoms with Crippen molar-refractivity contribution >= 4 is 5.82 Å². The molecule has 1 aliphatic heterocycles. The predicted octanol–water partition coefficient (Wildman–Crippen LogP) is 0.708. The van der Waals surface area contributed by atoms with Crippen LogP contribution in [0.15, 0.2) is 18.3 Å². The van der Waals surface area contributed by atoms with Crippen molar-refractivity contribution in [2.24, 2.45) is 0 Å². The number of hydrogen-bond acceptors (Lipinski definition) is 1. The van der Waals surface area contributed by atoms with Crippen molar-refractivity contribution in [3.8, 4) is 0 Å². The Hall–Kier alpha value is -1.05. The highest BCUT2D eigenvalue weighted by molar-refractivity contribution is 5.32. The molecular formula is C8H11N2+. The van der Waals surface area contributed by atoms with Crippen molar-refractivity contribution in [2.45, 2.75) is 13.5 Å². The van der Waals surface area contributed by atoms with E-state index >= 15 is 0 Å². The molecule has 10 heavy (non-hydrogen) atoms. The molecule has 2 heteroatoms. The highest BCUT2D eigenvalue weighted by Crippen LogP contribution is 2.06. The molecule has 0 saturated heterocycles. The summed E-state index contributed by atoms with van der Waals surface area (Å²) >= 11 is 0. The Labute approximate surface area is 60.5 Å². The lowest BCUT2D eigenvalue weighted by Gasteiger charge is -1.93. The third kappa shape index (κ3) is 0.764. The Morgan fingerprint density at radius 1 is 1.60 bits per heavy atom. The zero-order valence-corrected chi connectivity index (χ0v) is 6.09. The maximum Gasteiger partial charge on any atom is 0.274 e. The topological polar surface area (TPSA) is 15.9 Å². The molecule has 0 aromatic carbocycles. The molecule has 0 amide bonds. The molecule has 52 valence electrons. The van der Waals surface area contributed by atoms with Gasteiger partial charge in [0.2, 0.25) is 0 Å². The van der Waals surface area contributed by atoms with Crippen molar-refractivity contribution in [3.63, 3.8) is 0 Å². The first-order valence-corrected chi connectivity index (χ1v) is 3.60. The average Bonchev–Trinajstić information content (AvgIpc) is 2.33. The second-order valence-electron chi connectivity index (χ2n) is 2.71. The molecule has 0 radical (unpaired) electrons. The summed E-state index contributed by atoms with van der Waals surface area (Å²) in [6.07, 6.45) is 2.13. The van der Waals surface area contributed by atoms with Gasteiger partial charge in [-0.15, -0.1) is 0 Å². The van der Waals surface area contributed by atoms with E-state index < -0.39 is 0 Å². The fourth-order valence-electron chi connectivity index (χ4n) is 1.29. The maximum absolute atomic E-state index is 3.30. The van der Waals surface area contributed by atoms with Gasteiger partial charge >= 0.3 is 0 Å². The first-order valence-electron chi connectivity index (χ1n) is 3.60. The lowest BCUT2D eigenvalue weighted by atomic mass is 10.3. The predicted molar refractivity (Wildman–Crippen MR) is 39.9 cm³/mol. The number of aromatic nitrogens is 1. The van der Waals surface area contributed by atoms with Crippen LogP contribution in [0.2, 0.25) is 0 Å². The van der Waals surface area contributed by atoms with Crippen LogP contribution in [0.3, 0.4) is 0 Å². The molecular weight excluding hydrogens is 124 g/mol. The minimum atomic E-state index is 1.07. The Bertz CT molecular complexity index is 255. The Morgan fingerprint density at radius 3 is 3.40 bits per heavy atom. The smallest absolute Gasteiger partial charge is 0.270 e. The Morgan fingerprint density at radius 2 is 2.50 bits per heavy atom. The van der Waals surface area contributed by atoms with E-state index in [0.29, 0.717) is 0 Å². The number of fused-ring (bicyclic) bond motifs is 1. The van der Waals surface area contributed by atoms with Crippen molar-refractivity contribution in [1.82, 2.24) is 0 Å². The van der Waals surface area contributed by atoms with Gasteiger partial charge in [-0.25, -0.2) is 4.57 Å². The van der Waals surface area contributed by atoms with E-state index in [1.807, 2.05) is 0 Å². The van der Waals surface area contributed by atoms with Crippen LogP contribution in [-0.2, 0) is 6.54 Å². The molecule has 0 spiro atoms. The van der Waals surface area contributed by atoms with Crippen LogP contribution in [0, 0.1) is 6.92 Å². The van der Waals surface area contributed by atoms with Gasteiger partial charge in [0.1, 0.15) is 13.1 Å². The van der Waals surface area contributed by atoms with E-state index in [1.165, 1.54) is 11.4 Å². The summed E-state index contributed by atoms with van der Waals surface area (Å²) in [4.78, 5) is 0. The fraction of sp³-hybridized carbons (Fsp3) is 0.375. The largest absolute Gasteiger partial charge is 0.274 e. The molecule has 1 aliphatic rings. The molecule has 0 unspecified atom stereocenters. The third-order valence-electron chi connectivity index (χ3n) is 1.85. The number of anilines is 1. The third-order valence-corrected chi connectivity index (χ3v) is 1.85. The molecule has 1 aromatic heterocycles. The van der Waals surface area contributed by atoms with E-state index in [9.17, 15) is 0 Å². The SMILES string of the molecule is Cc1cc[n+]2c(c1)NCC2. The number of pyridine rings is 1. The summed E-state index contributed by atoms with van der Waals surface area (Å²) < 4.78 is 2.23. The number of nitrogens with zero attached hydrogens (tertiary/aromatic N) is 1. The fourth-order valence-corrected chi connectivity index (χ4v) is 1.29. The van der Waals surface area contributed by atoms with Crippen molar-refractivity contribution < 1.29 is 4.57 Å². The molecule has 2 heterocycles. The monoisotopic (exact) mass is 135 g/mol. The van der Waals surface area contributed by atoms with E-state index in [2.05, 4.69) is 35.1 Å². The first-order chi connectivity index (χ1) is 4.86. The van der Waals surface area contributed by atoms with Gasteiger partial charge < -0.3 is 0 Å². The summed E-state index contributed by atoms with van der Waals surface area (Å²) in [6, 6.07) is 4.31. The number of rotatable bonds is 0. The van der Waals surface area contributed by atoms with Crippen LogP contribution in [-0.4, -0.2) is 6.54 Å². The van der Waals surface area contributed by atoms with Gasteiger partial charge in [0.25, 0.3) is 5.82 Å². The zero-order chi connectivity index (χ0) is 6.97. The van der Waals surface area contributed by atoms with Gasteiger partial charge in [0.05, 0.1) is 6.20 Å². The summed E-state index contributed by atoms with van der Waals surface area (Å²) in [7, 11) is 0. The van der Waals surface area contributed by atoms with Crippen molar-refractivity contribution in [2.75, 3.05) is 11.9 Å². The lowest BCUT2D eigenvalue weighted by Crippen LogP contribution is -2.29. The van der Waals surface area contributed by atoms with E-state index in [-0.39, 0.29) is 0 Å². The van der Waals surface area contributed by atoms with E-state index in [4.69, 9.17) is 0 Å². The summed E-state index contributed by atoms with van der Waals surface area (Å²) in [6.45, 7) is 4.29. The average molecular weight is 135 g/mol. The van der Waals surface area contributed by atoms with Crippen LogP contribution in [0.1, 0.15) is 5.56 Å². The van der Waals surface area contributed by atoms with Crippen molar-refractivity contribution in [3.05, 3.63) is 23.9 Å². The highest BCUT2D eigenvalue weighted by atomic mass is 15.2. The van der Waals surface area contributed by atoms with Crippen LogP contribution in [0.4, 0.5) is 5.82 Å². The molecule has 0 saturated carbocycles. The van der Waals surface area contributed by atoms with Crippen LogP contribution < -0.4 is 9.88 Å². The molecule has 1 N–H and O–H groups in total. The molecule has 0 atom stereocenters. The number of nitrogens with one attached hydrogen (secondary N) is 1. The summed E-state index contributed by atoms with van der Waals surface area (Å²) in [5.74, 6) is 1.25. The van der Waals surface area contributed by atoms with Gasteiger partial charge in [0, 0.05) is 6.07 Å². The van der Waals surface area contributed by atoms with Gasteiger partial charge in [-0.2, -0.15) is 0 Å². The minimum Gasteiger partial charge on any atom is -0.270 e. The van der Waals surface area contributed by atoms with E-state index in [1.54, 1.807) is 0 Å². The molecule has 2 rings (SSSR count). The maximum atomic E-state index is 3.30. The summed E-state index contributed by atoms with van der Waals surface area (Å²) in [5, 5.41) is 3.30. The van der Waals surface area contributed by atoms with Gasteiger partial charge in [-0.05, 0) is 18.6 Å². The summed E-state index contributed by atoms with van der Waals surface area (Å²) in [5.41, 5.74) is 1.32. The van der Waals surface area contributed by atoms with Crippen LogP contribution in [0.5, 0.6) is 0 Å². The normalized spacial score (nSPS) is 14.5. The van der Waals surface area contributed by atoms with Gasteiger partial charge in [-0.1, -0.05) is 0 Å². The minimum absolute atomic E-state index is 1.07. The lowest BCUT2D eigenvalue weighted by molar-refractivity contribution is -0.670. The zero-order valence-electron chi connectivity index (χ0n) is 6.09. The van der Waals surface area contributed by atoms with E-state index in [0.717, 1.165) is 13.1 Å². The van der Waals surface area contributed by atoms with Crippen molar-refractivity contribution in [1.29, 1.82) is 0 Å². The Kier molecular flexibility index (Phi) is 1.13. The second-order valence-corrected chi connectivity index (χ2v) is 2.71. The van der Waals surface area contributed by atoms with Crippen LogP contribution in [0.25, 0.3) is 0 Å². The molecule has 2 nitrogen and oxygen atoms in total. The first kappa shape index (κ1) is 5.71. The molecule has 1 aromatic rings. The molecule has 0 bridgehead atoms. The highest BCUT2D eigenvalue weighted by Gasteiger charge is 2.14. The van der Waals surface area contributed by atoms with Gasteiger partial charge in [0.15, 0.2) is 0 Å².